The minimum atomic E-state index is -1.60. The van der Waals surface area contributed by atoms with Crippen molar-refractivity contribution in [1.29, 1.82) is 0 Å². The SMILES string of the molecule is CC(=O)O[C@H]1[C@@H](C)C[C@](O)(C#C[Si](C)(C)C)[C@H]1CO. The van der Waals surface area contributed by atoms with Crippen molar-refractivity contribution in [1.82, 2.24) is 0 Å². The average Bonchev–Trinajstić information content (AvgIpc) is 2.47. The van der Waals surface area contributed by atoms with Crippen LogP contribution in [-0.4, -0.2) is 42.6 Å². The lowest BCUT2D eigenvalue weighted by molar-refractivity contribution is -0.152. The van der Waals surface area contributed by atoms with E-state index in [1.165, 1.54) is 6.92 Å². The first-order valence-electron chi connectivity index (χ1n) is 6.64. The Morgan fingerprint density at radius 1 is 1.47 bits per heavy atom. The summed E-state index contributed by atoms with van der Waals surface area (Å²) in [5.41, 5.74) is 1.89. The quantitative estimate of drug-likeness (QED) is 0.454. The Morgan fingerprint density at radius 2 is 2.05 bits per heavy atom. The molecule has 5 heteroatoms. The molecule has 0 radical (unpaired) electrons. The second-order valence-electron chi connectivity index (χ2n) is 6.47. The predicted molar refractivity (Wildman–Crippen MR) is 76.0 cm³/mol. The van der Waals surface area contributed by atoms with Gasteiger partial charge >= 0.3 is 5.97 Å². The predicted octanol–water partition coefficient (Wildman–Crippen LogP) is 1.18. The van der Waals surface area contributed by atoms with Crippen LogP contribution >= 0.6 is 0 Å². The van der Waals surface area contributed by atoms with Crippen molar-refractivity contribution >= 4 is 14.0 Å². The van der Waals surface area contributed by atoms with Crippen molar-refractivity contribution in [3.05, 3.63) is 0 Å². The number of rotatable bonds is 2. The molecule has 2 N–H and O–H groups in total. The number of carbonyl (C=O) groups is 1. The molecule has 0 saturated heterocycles. The molecule has 0 aromatic heterocycles. The molecular formula is C14H24O4Si. The summed E-state index contributed by atoms with van der Waals surface area (Å²) in [6.45, 7) is 9.30. The highest BCUT2D eigenvalue weighted by atomic mass is 28.3. The van der Waals surface area contributed by atoms with Crippen LogP contribution < -0.4 is 0 Å². The van der Waals surface area contributed by atoms with Gasteiger partial charge in [0.05, 0.1) is 12.5 Å². The lowest BCUT2D eigenvalue weighted by Gasteiger charge is -2.27. The highest BCUT2D eigenvalue weighted by molar-refractivity contribution is 6.83. The van der Waals surface area contributed by atoms with Gasteiger partial charge in [0.15, 0.2) is 0 Å². The molecule has 0 aromatic carbocycles. The first-order chi connectivity index (χ1) is 8.59. The van der Waals surface area contributed by atoms with Gasteiger partial charge in [-0.3, -0.25) is 4.79 Å². The molecule has 19 heavy (non-hydrogen) atoms. The number of hydrogen-bond acceptors (Lipinski definition) is 4. The summed E-state index contributed by atoms with van der Waals surface area (Å²) in [4.78, 5) is 11.1. The van der Waals surface area contributed by atoms with Gasteiger partial charge < -0.3 is 14.9 Å². The van der Waals surface area contributed by atoms with Crippen LogP contribution in [0.3, 0.4) is 0 Å². The third kappa shape index (κ3) is 4.07. The normalized spacial score (nSPS) is 34.6. The number of ether oxygens (including phenoxy) is 1. The van der Waals surface area contributed by atoms with Gasteiger partial charge in [0, 0.05) is 6.92 Å². The molecular weight excluding hydrogens is 260 g/mol. The molecule has 4 atom stereocenters. The van der Waals surface area contributed by atoms with Crippen molar-refractivity contribution in [2.75, 3.05) is 6.61 Å². The summed E-state index contributed by atoms with van der Waals surface area (Å²) in [6.07, 6.45) is -0.0448. The highest BCUT2D eigenvalue weighted by Gasteiger charge is 2.52. The van der Waals surface area contributed by atoms with Gasteiger partial charge in [0.25, 0.3) is 0 Å². The largest absolute Gasteiger partial charge is 0.462 e. The molecule has 0 bridgehead atoms. The van der Waals surface area contributed by atoms with Crippen molar-refractivity contribution in [3.8, 4) is 11.5 Å². The lowest BCUT2D eigenvalue weighted by Crippen LogP contribution is -2.40. The van der Waals surface area contributed by atoms with E-state index in [0.717, 1.165) is 0 Å². The van der Waals surface area contributed by atoms with Crippen LogP contribution in [0.4, 0.5) is 0 Å². The fourth-order valence-corrected chi connectivity index (χ4v) is 3.10. The van der Waals surface area contributed by atoms with E-state index in [1.54, 1.807) is 0 Å². The number of carbonyl (C=O) groups excluding carboxylic acids is 1. The van der Waals surface area contributed by atoms with Gasteiger partial charge in [-0.1, -0.05) is 32.5 Å². The van der Waals surface area contributed by atoms with Crippen molar-refractivity contribution in [2.45, 2.75) is 51.6 Å². The molecule has 0 spiro atoms. The fraction of sp³-hybridized carbons (Fsp3) is 0.786. The minimum absolute atomic E-state index is 0.0121. The standard InChI is InChI=1S/C14H24O4Si/c1-10-8-14(17,6-7-19(3,4)5)12(9-15)13(10)18-11(2)16/h10,12-13,15,17H,8-9H2,1-5H3/t10-,12-,13-,14+/m0/s1. The Hall–Kier alpha value is -0.833. The van der Waals surface area contributed by atoms with Gasteiger partial charge in [-0.25, -0.2) is 0 Å². The summed E-state index contributed by atoms with van der Waals surface area (Å²) in [7, 11) is -1.60. The average molecular weight is 284 g/mol. The Labute approximate surface area is 116 Å². The van der Waals surface area contributed by atoms with Gasteiger partial charge in [-0.2, -0.15) is 0 Å². The second-order valence-corrected chi connectivity index (χ2v) is 11.2. The Kier molecular flexibility index (Phi) is 4.83. The van der Waals surface area contributed by atoms with Crippen LogP contribution in [0.25, 0.3) is 0 Å². The Bertz CT molecular complexity index is 404. The van der Waals surface area contributed by atoms with Crippen molar-refractivity contribution < 1.29 is 19.7 Å². The van der Waals surface area contributed by atoms with Crippen LogP contribution in [0.5, 0.6) is 0 Å². The summed E-state index contributed by atoms with van der Waals surface area (Å²) < 4.78 is 5.24. The highest BCUT2D eigenvalue weighted by Crippen LogP contribution is 2.41. The van der Waals surface area contributed by atoms with Crippen molar-refractivity contribution in [2.24, 2.45) is 11.8 Å². The van der Waals surface area contributed by atoms with E-state index in [2.05, 4.69) is 31.1 Å². The van der Waals surface area contributed by atoms with E-state index in [9.17, 15) is 15.0 Å². The molecule has 4 nitrogen and oxygen atoms in total. The summed E-state index contributed by atoms with van der Waals surface area (Å²) in [6, 6.07) is 0. The first-order valence-corrected chi connectivity index (χ1v) is 10.1. The van der Waals surface area contributed by atoms with Crippen LogP contribution in [0.15, 0.2) is 0 Å². The first kappa shape index (κ1) is 16.2. The number of esters is 1. The Balaban J connectivity index is 3.01. The van der Waals surface area contributed by atoms with Crippen molar-refractivity contribution in [3.63, 3.8) is 0 Å². The maximum atomic E-state index is 11.1. The molecule has 0 aliphatic heterocycles. The molecule has 0 amide bonds. The van der Waals surface area contributed by atoms with Crippen LogP contribution in [-0.2, 0) is 9.53 Å². The number of aliphatic hydroxyl groups is 2. The zero-order chi connectivity index (χ0) is 14.8. The van der Waals surface area contributed by atoms with E-state index < -0.39 is 31.7 Å². The third-order valence-corrected chi connectivity index (χ3v) is 4.23. The third-order valence-electron chi connectivity index (χ3n) is 3.36. The maximum absolute atomic E-state index is 11.1. The topological polar surface area (TPSA) is 66.8 Å². The molecule has 0 heterocycles. The van der Waals surface area contributed by atoms with E-state index in [4.69, 9.17) is 4.74 Å². The molecule has 1 rings (SSSR count). The number of hydrogen-bond donors (Lipinski definition) is 2. The molecule has 1 saturated carbocycles. The molecule has 1 aliphatic rings. The zero-order valence-corrected chi connectivity index (χ0v) is 13.4. The molecule has 0 unspecified atom stereocenters. The summed E-state index contributed by atoms with van der Waals surface area (Å²) in [5.74, 6) is 2.01. The van der Waals surface area contributed by atoms with E-state index in [1.807, 2.05) is 6.92 Å². The Morgan fingerprint density at radius 3 is 2.47 bits per heavy atom. The van der Waals surface area contributed by atoms with Gasteiger partial charge in [0.2, 0.25) is 0 Å². The smallest absolute Gasteiger partial charge is 0.302 e. The maximum Gasteiger partial charge on any atom is 0.302 e. The van der Waals surface area contributed by atoms with Crippen LogP contribution in [0, 0.1) is 23.3 Å². The van der Waals surface area contributed by atoms with Crippen LogP contribution in [0.1, 0.15) is 20.3 Å². The van der Waals surface area contributed by atoms with Crippen LogP contribution in [0.2, 0.25) is 19.6 Å². The summed E-state index contributed by atoms with van der Waals surface area (Å²) >= 11 is 0. The van der Waals surface area contributed by atoms with E-state index in [0.29, 0.717) is 6.42 Å². The fourth-order valence-electron chi connectivity index (χ4n) is 2.51. The number of aliphatic hydroxyl groups excluding tert-OH is 1. The van der Waals surface area contributed by atoms with Gasteiger partial charge in [-0.05, 0) is 12.3 Å². The molecule has 1 aliphatic carbocycles. The monoisotopic (exact) mass is 284 g/mol. The molecule has 0 aromatic rings. The zero-order valence-electron chi connectivity index (χ0n) is 12.4. The molecule has 108 valence electrons. The van der Waals surface area contributed by atoms with Gasteiger partial charge in [-0.15, -0.1) is 5.54 Å². The lowest BCUT2D eigenvalue weighted by atomic mass is 9.91. The summed E-state index contributed by atoms with van der Waals surface area (Å²) in [5, 5.41) is 20.2. The van der Waals surface area contributed by atoms with E-state index >= 15 is 0 Å². The second kappa shape index (κ2) is 5.66. The van der Waals surface area contributed by atoms with Gasteiger partial charge in [0.1, 0.15) is 19.8 Å². The molecule has 1 fully saturated rings. The van der Waals surface area contributed by atoms with E-state index in [-0.39, 0.29) is 12.5 Å². The minimum Gasteiger partial charge on any atom is -0.462 e.